The van der Waals surface area contributed by atoms with Crippen LogP contribution < -0.4 is 5.43 Å². The van der Waals surface area contributed by atoms with E-state index in [1.807, 2.05) is 24.3 Å². The first kappa shape index (κ1) is 14.2. The molecule has 0 aliphatic heterocycles. The highest BCUT2D eigenvalue weighted by Crippen LogP contribution is 2.09. The lowest BCUT2D eigenvalue weighted by Crippen LogP contribution is -2.24. The number of carbonyl (C=O) groups is 1. The summed E-state index contributed by atoms with van der Waals surface area (Å²) in [6.07, 6.45) is 3.82. The smallest absolute Gasteiger partial charge is 0.261 e. The second kappa shape index (κ2) is 6.79. The minimum Gasteiger partial charge on any atom is -0.271 e. The van der Waals surface area contributed by atoms with Gasteiger partial charge in [0.25, 0.3) is 5.91 Å². The molecule has 0 aliphatic carbocycles. The van der Waals surface area contributed by atoms with E-state index in [9.17, 15) is 4.79 Å². The van der Waals surface area contributed by atoms with Crippen molar-refractivity contribution in [2.24, 2.45) is 11.0 Å². The highest BCUT2D eigenvalue weighted by atomic mass is 16.2. The van der Waals surface area contributed by atoms with Crippen molar-refractivity contribution in [2.45, 2.75) is 33.2 Å². The minimum absolute atomic E-state index is 0.112. The van der Waals surface area contributed by atoms with Gasteiger partial charge in [0.1, 0.15) is 12.1 Å². The molecule has 1 N–H and O–H groups in total. The summed E-state index contributed by atoms with van der Waals surface area (Å²) in [4.78, 5) is 11.8. The van der Waals surface area contributed by atoms with E-state index in [0.717, 1.165) is 23.9 Å². The van der Waals surface area contributed by atoms with Gasteiger partial charge in [-0.3, -0.25) is 4.79 Å². The Morgan fingerprint density at radius 2 is 2.15 bits per heavy atom. The monoisotopic (exact) mass is 273 g/mol. The van der Waals surface area contributed by atoms with Crippen LogP contribution in [-0.4, -0.2) is 27.1 Å². The molecule has 6 heteroatoms. The van der Waals surface area contributed by atoms with Crippen molar-refractivity contribution >= 4 is 23.2 Å². The van der Waals surface area contributed by atoms with Gasteiger partial charge in [0.2, 0.25) is 0 Å². The first-order valence-electron chi connectivity index (χ1n) is 6.84. The van der Waals surface area contributed by atoms with Crippen LogP contribution in [0.1, 0.15) is 26.7 Å². The van der Waals surface area contributed by atoms with E-state index in [1.165, 1.54) is 0 Å². The zero-order valence-corrected chi connectivity index (χ0v) is 11.8. The lowest BCUT2D eigenvalue weighted by molar-refractivity contribution is -0.121. The Kier molecular flexibility index (Phi) is 4.81. The van der Waals surface area contributed by atoms with Crippen molar-refractivity contribution in [1.29, 1.82) is 0 Å². The SMILES string of the molecule is CCC(/C=N\NC(=O)Cn1nnc2ccccc21)CC. The Hall–Kier alpha value is -2.24. The van der Waals surface area contributed by atoms with Crippen molar-refractivity contribution in [3.05, 3.63) is 24.3 Å². The molecule has 1 aromatic heterocycles. The molecule has 1 aromatic carbocycles. The zero-order valence-electron chi connectivity index (χ0n) is 11.8. The number of para-hydroxylation sites is 1. The van der Waals surface area contributed by atoms with E-state index in [0.29, 0.717) is 5.92 Å². The van der Waals surface area contributed by atoms with Crippen LogP contribution in [-0.2, 0) is 11.3 Å². The predicted molar refractivity (Wildman–Crippen MR) is 78.2 cm³/mol. The fourth-order valence-corrected chi connectivity index (χ4v) is 1.92. The number of aromatic nitrogens is 3. The molecule has 0 fully saturated rings. The molecule has 1 heterocycles. The summed E-state index contributed by atoms with van der Waals surface area (Å²) in [5, 5.41) is 12.0. The van der Waals surface area contributed by atoms with E-state index in [-0.39, 0.29) is 12.5 Å². The summed E-state index contributed by atoms with van der Waals surface area (Å²) in [5.41, 5.74) is 4.14. The topological polar surface area (TPSA) is 72.2 Å². The summed E-state index contributed by atoms with van der Waals surface area (Å²) in [6.45, 7) is 4.31. The van der Waals surface area contributed by atoms with Gasteiger partial charge in [-0.2, -0.15) is 5.10 Å². The summed E-state index contributed by atoms with van der Waals surface area (Å²) in [5.74, 6) is 0.199. The van der Waals surface area contributed by atoms with Gasteiger partial charge in [-0.15, -0.1) is 5.10 Å². The maximum atomic E-state index is 11.8. The van der Waals surface area contributed by atoms with Gasteiger partial charge in [0.05, 0.1) is 5.52 Å². The van der Waals surface area contributed by atoms with Crippen molar-refractivity contribution in [3.63, 3.8) is 0 Å². The predicted octanol–water partition coefficient (Wildman–Crippen LogP) is 1.97. The third-order valence-corrected chi connectivity index (χ3v) is 3.24. The van der Waals surface area contributed by atoms with Gasteiger partial charge in [-0.25, -0.2) is 10.1 Å². The Morgan fingerprint density at radius 1 is 1.40 bits per heavy atom. The molecule has 0 spiro atoms. The van der Waals surface area contributed by atoms with Gasteiger partial charge in [-0.05, 0) is 30.9 Å². The number of hydrazone groups is 1. The zero-order chi connectivity index (χ0) is 14.4. The Bertz CT molecular complexity index is 600. The number of rotatable bonds is 6. The molecule has 0 saturated heterocycles. The number of nitrogens with zero attached hydrogens (tertiary/aromatic N) is 4. The number of fused-ring (bicyclic) bond motifs is 1. The molecule has 0 radical (unpaired) electrons. The second-order valence-corrected chi connectivity index (χ2v) is 4.63. The number of amides is 1. The highest BCUT2D eigenvalue weighted by molar-refractivity contribution is 5.80. The van der Waals surface area contributed by atoms with Crippen LogP contribution in [0.5, 0.6) is 0 Å². The molecule has 0 bridgehead atoms. The second-order valence-electron chi connectivity index (χ2n) is 4.63. The summed E-state index contributed by atoms with van der Waals surface area (Å²) in [7, 11) is 0. The quantitative estimate of drug-likeness (QED) is 0.646. The molecule has 6 nitrogen and oxygen atoms in total. The normalized spacial score (nSPS) is 11.6. The average Bonchev–Trinajstić information content (AvgIpc) is 2.87. The van der Waals surface area contributed by atoms with Crippen LogP contribution in [0.2, 0.25) is 0 Å². The molecule has 1 amide bonds. The van der Waals surface area contributed by atoms with Crippen molar-refractivity contribution < 1.29 is 4.79 Å². The van der Waals surface area contributed by atoms with E-state index in [1.54, 1.807) is 10.9 Å². The van der Waals surface area contributed by atoms with E-state index < -0.39 is 0 Å². The Morgan fingerprint density at radius 3 is 2.90 bits per heavy atom. The van der Waals surface area contributed by atoms with E-state index >= 15 is 0 Å². The number of nitrogens with one attached hydrogen (secondary N) is 1. The third-order valence-electron chi connectivity index (χ3n) is 3.24. The maximum absolute atomic E-state index is 11.8. The summed E-state index contributed by atoms with van der Waals surface area (Å²) < 4.78 is 1.57. The summed E-state index contributed by atoms with van der Waals surface area (Å²) >= 11 is 0. The van der Waals surface area contributed by atoms with Crippen LogP contribution in [0.4, 0.5) is 0 Å². The fourth-order valence-electron chi connectivity index (χ4n) is 1.92. The van der Waals surface area contributed by atoms with E-state index in [4.69, 9.17) is 0 Å². The lowest BCUT2D eigenvalue weighted by Gasteiger charge is -2.04. The van der Waals surface area contributed by atoms with E-state index in [2.05, 4.69) is 34.7 Å². The van der Waals surface area contributed by atoms with Crippen molar-refractivity contribution in [2.75, 3.05) is 0 Å². The average molecular weight is 273 g/mol. The number of carbonyl (C=O) groups excluding carboxylic acids is 1. The highest BCUT2D eigenvalue weighted by Gasteiger charge is 2.07. The summed E-state index contributed by atoms with van der Waals surface area (Å²) in [6, 6.07) is 7.53. The fraction of sp³-hybridized carbons (Fsp3) is 0.429. The van der Waals surface area contributed by atoms with Crippen molar-refractivity contribution in [1.82, 2.24) is 20.4 Å². The Labute approximate surface area is 117 Å². The molecule has 0 aliphatic rings. The van der Waals surface area contributed by atoms with Crippen LogP contribution in [0.3, 0.4) is 0 Å². The third kappa shape index (κ3) is 3.40. The molecule has 2 aromatic rings. The van der Waals surface area contributed by atoms with Crippen LogP contribution in [0.25, 0.3) is 11.0 Å². The van der Waals surface area contributed by atoms with Gasteiger partial charge < -0.3 is 0 Å². The molecular weight excluding hydrogens is 254 g/mol. The van der Waals surface area contributed by atoms with Crippen LogP contribution in [0.15, 0.2) is 29.4 Å². The van der Waals surface area contributed by atoms with Crippen LogP contribution >= 0.6 is 0 Å². The largest absolute Gasteiger partial charge is 0.271 e. The molecule has 2 rings (SSSR count). The number of hydrogen-bond donors (Lipinski definition) is 1. The standard InChI is InChI=1S/C14H19N5O/c1-3-11(4-2)9-15-17-14(20)10-19-13-8-6-5-7-12(13)16-18-19/h5-9,11H,3-4,10H2,1-2H3,(H,17,20)/b15-9-. The first-order chi connectivity index (χ1) is 9.74. The Balaban J connectivity index is 1.95. The molecule has 0 atom stereocenters. The first-order valence-corrected chi connectivity index (χ1v) is 6.84. The van der Waals surface area contributed by atoms with Gasteiger partial charge in [0, 0.05) is 6.21 Å². The minimum atomic E-state index is -0.206. The molecule has 106 valence electrons. The lowest BCUT2D eigenvalue weighted by atomic mass is 10.1. The van der Waals surface area contributed by atoms with Crippen molar-refractivity contribution in [3.8, 4) is 0 Å². The van der Waals surface area contributed by atoms with Gasteiger partial charge >= 0.3 is 0 Å². The molecule has 0 saturated carbocycles. The van der Waals surface area contributed by atoms with Gasteiger partial charge in [-0.1, -0.05) is 31.2 Å². The molecular formula is C14H19N5O. The number of benzene rings is 1. The molecule has 20 heavy (non-hydrogen) atoms. The molecule has 0 unspecified atom stereocenters. The van der Waals surface area contributed by atoms with Crippen LogP contribution in [0, 0.1) is 5.92 Å². The van der Waals surface area contributed by atoms with Gasteiger partial charge in [0.15, 0.2) is 0 Å². The maximum Gasteiger partial charge on any atom is 0.261 e. The number of hydrogen-bond acceptors (Lipinski definition) is 4.